The molecule has 15 heavy (non-hydrogen) atoms. The summed E-state index contributed by atoms with van der Waals surface area (Å²) in [5.41, 5.74) is 5.78. The predicted octanol–water partition coefficient (Wildman–Crippen LogP) is 1.56. The van der Waals surface area contributed by atoms with Gasteiger partial charge in [0.1, 0.15) is 0 Å². The SMILES string of the molecule is CC1(C(=O)NC2CCC(N)CC2)CCC1. The van der Waals surface area contributed by atoms with E-state index in [0.29, 0.717) is 12.1 Å². The topological polar surface area (TPSA) is 55.1 Å². The van der Waals surface area contributed by atoms with E-state index in [1.165, 1.54) is 6.42 Å². The molecule has 1 amide bonds. The number of rotatable bonds is 2. The van der Waals surface area contributed by atoms with Gasteiger partial charge in [-0.05, 0) is 38.5 Å². The van der Waals surface area contributed by atoms with Crippen LogP contribution in [0.25, 0.3) is 0 Å². The minimum absolute atomic E-state index is 0.0560. The third-order valence-corrected chi connectivity index (χ3v) is 4.11. The highest BCUT2D eigenvalue weighted by atomic mass is 16.2. The molecule has 0 aliphatic heterocycles. The number of nitrogens with one attached hydrogen (secondary N) is 1. The molecular formula is C12H22N2O. The predicted molar refractivity (Wildman–Crippen MR) is 60.3 cm³/mol. The summed E-state index contributed by atoms with van der Waals surface area (Å²) in [6, 6.07) is 0.743. The van der Waals surface area contributed by atoms with Crippen molar-refractivity contribution in [2.75, 3.05) is 0 Å². The number of carbonyl (C=O) groups excluding carboxylic acids is 1. The minimum Gasteiger partial charge on any atom is -0.353 e. The highest BCUT2D eigenvalue weighted by Gasteiger charge is 2.40. The van der Waals surface area contributed by atoms with Crippen molar-refractivity contribution < 1.29 is 4.79 Å². The molecule has 2 saturated carbocycles. The molecule has 86 valence electrons. The second-order valence-electron chi connectivity index (χ2n) is 5.50. The number of hydrogen-bond donors (Lipinski definition) is 2. The van der Waals surface area contributed by atoms with Crippen molar-refractivity contribution in [1.29, 1.82) is 0 Å². The van der Waals surface area contributed by atoms with Gasteiger partial charge < -0.3 is 11.1 Å². The summed E-state index contributed by atoms with van der Waals surface area (Å²) < 4.78 is 0. The fourth-order valence-corrected chi connectivity index (χ4v) is 2.56. The zero-order valence-corrected chi connectivity index (χ0v) is 9.59. The molecule has 0 atom stereocenters. The van der Waals surface area contributed by atoms with Crippen LogP contribution < -0.4 is 11.1 Å². The van der Waals surface area contributed by atoms with Gasteiger partial charge >= 0.3 is 0 Å². The van der Waals surface area contributed by atoms with Crippen molar-refractivity contribution in [3.8, 4) is 0 Å². The highest BCUT2D eigenvalue weighted by Crippen LogP contribution is 2.40. The summed E-state index contributed by atoms with van der Waals surface area (Å²) in [5.74, 6) is 0.272. The summed E-state index contributed by atoms with van der Waals surface area (Å²) in [4.78, 5) is 12.0. The molecule has 0 aromatic carbocycles. The van der Waals surface area contributed by atoms with Crippen LogP contribution in [0.4, 0.5) is 0 Å². The third kappa shape index (κ3) is 2.33. The fourth-order valence-electron chi connectivity index (χ4n) is 2.56. The zero-order valence-electron chi connectivity index (χ0n) is 9.59. The van der Waals surface area contributed by atoms with E-state index in [4.69, 9.17) is 5.73 Å². The lowest BCUT2D eigenvalue weighted by molar-refractivity contribution is -0.135. The van der Waals surface area contributed by atoms with Crippen LogP contribution in [0.3, 0.4) is 0 Å². The van der Waals surface area contributed by atoms with Gasteiger partial charge in [-0.1, -0.05) is 13.3 Å². The average molecular weight is 210 g/mol. The first-order valence-corrected chi connectivity index (χ1v) is 6.17. The zero-order chi connectivity index (χ0) is 10.9. The third-order valence-electron chi connectivity index (χ3n) is 4.11. The van der Waals surface area contributed by atoms with E-state index in [1.807, 2.05) is 0 Å². The molecule has 0 aromatic rings. The van der Waals surface area contributed by atoms with Crippen LogP contribution in [0.15, 0.2) is 0 Å². The van der Waals surface area contributed by atoms with Gasteiger partial charge in [-0.3, -0.25) is 4.79 Å². The molecular weight excluding hydrogens is 188 g/mol. The first-order chi connectivity index (χ1) is 7.10. The van der Waals surface area contributed by atoms with E-state index in [0.717, 1.165) is 38.5 Å². The standard InChI is InChI=1S/C12H22N2O/c1-12(7-2-8-12)11(15)14-10-5-3-9(13)4-6-10/h9-10H,2-8,13H2,1H3,(H,14,15). The van der Waals surface area contributed by atoms with Crippen LogP contribution in [-0.4, -0.2) is 18.0 Å². The van der Waals surface area contributed by atoms with Crippen LogP contribution in [0.5, 0.6) is 0 Å². The Bertz CT molecular complexity index is 240. The van der Waals surface area contributed by atoms with Gasteiger partial charge in [0.2, 0.25) is 5.91 Å². The maximum Gasteiger partial charge on any atom is 0.226 e. The van der Waals surface area contributed by atoms with Crippen molar-refractivity contribution in [2.24, 2.45) is 11.1 Å². The largest absolute Gasteiger partial charge is 0.353 e. The average Bonchev–Trinajstić information content (AvgIpc) is 2.18. The molecule has 0 spiro atoms. The Balaban J connectivity index is 1.79. The Morgan fingerprint density at radius 3 is 2.33 bits per heavy atom. The monoisotopic (exact) mass is 210 g/mol. The molecule has 0 unspecified atom stereocenters. The van der Waals surface area contributed by atoms with Gasteiger partial charge in [0, 0.05) is 17.5 Å². The number of carbonyl (C=O) groups is 1. The van der Waals surface area contributed by atoms with Gasteiger partial charge in [-0.25, -0.2) is 0 Å². The Morgan fingerprint density at radius 2 is 1.87 bits per heavy atom. The second-order valence-corrected chi connectivity index (χ2v) is 5.50. The molecule has 2 rings (SSSR count). The molecule has 2 aliphatic carbocycles. The molecule has 3 heteroatoms. The maximum absolute atomic E-state index is 12.0. The molecule has 3 nitrogen and oxygen atoms in total. The lowest BCUT2D eigenvalue weighted by Crippen LogP contribution is -2.49. The summed E-state index contributed by atoms with van der Waals surface area (Å²) in [5, 5.41) is 3.19. The van der Waals surface area contributed by atoms with E-state index in [-0.39, 0.29) is 11.3 Å². The van der Waals surface area contributed by atoms with E-state index < -0.39 is 0 Å². The van der Waals surface area contributed by atoms with Crippen molar-refractivity contribution in [1.82, 2.24) is 5.32 Å². The summed E-state index contributed by atoms with van der Waals surface area (Å²) in [6.45, 7) is 2.08. The van der Waals surface area contributed by atoms with Gasteiger partial charge in [-0.15, -0.1) is 0 Å². The van der Waals surface area contributed by atoms with Crippen molar-refractivity contribution in [3.63, 3.8) is 0 Å². The van der Waals surface area contributed by atoms with E-state index >= 15 is 0 Å². The first-order valence-electron chi connectivity index (χ1n) is 6.17. The molecule has 3 N–H and O–H groups in total. The fraction of sp³-hybridized carbons (Fsp3) is 0.917. The maximum atomic E-state index is 12.0. The van der Waals surface area contributed by atoms with Gasteiger partial charge in [0.05, 0.1) is 0 Å². The molecule has 0 aromatic heterocycles. The number of amides is 1. The van der Waals surface area contributed by atoms with Crippen LogP contribution >= 0.6 is 0 Å². The van der Waals surface area contributed by atoms with E-state index in [1.54, 1.807) is 0 Å². The summed E-state index contributed by atoms with van der Waals surface area (Å²) in [6.07, 6.45) is 7.56. The smallest absolute Gasteiger partial charge is 0.226 e. The lowest BCUT2D eigenvalue weighted by atomic mass is 9.69. The van der Waals surface area contributed by atoms with Crippen LogP contribution in [0.1, 0.15) is 51.9 Å². The summed E-state index contributed by atoms with van der Waals surface area (Å²) >= 11 is 0. The van der Waals surface area contributed by atoms with Gasteiger partial charge in [-0.2, -0.15) is 0 Å². The molecule has 2 fully saturated rings. The van der Waals surface area contributed by atoms with Crippen LogP contribution in [0.2, 0.25) is 0 Å². The Hall–Kier alpha value is -0.570. The summed E-state index contributed by atoms with van der Waals surface area (Å²) in [7, 11) is 0. The quantitative estimate of drug-likeness (QED) is 0.726. The molecule has 0 radical (unpaired) electrons. The molecule has 2 aliphatic rings. The Labute approximate surface area is 91.8 Å². The van der Waals surface area contributed by atoms with Gasteiger partial charge in [0.25, 0.3) is 0 Å². The molecule has 0 heterocycles. The van der Waals surface area contributed by atoms with Crippen LogP contribution in [-0.2, 0) is 4.79 Å². The number of hydrogen-bond acceptors (Lipinski definition) is 2. The first kappa shape index (κ1) is 10.9. The molecule has 0 saturated heterocycles. The van der Waals surface area contributed by atoms with E-state index in [9.17, 15) is 4.79 Å². The minimum atomic E-state index is -0.0560. The highest BCUT2D eigenvalue weighted by molar-refractivity contribution is 5.83. The normalized spacial score (nSPS) is 34.3. The van der Waals surface area contributed by atoms with Crippen molar-refractivity contribution in [3.05, 3.63) is 0 Å². The molecule has 0 bridgehead atoms. The van der Waals surface area contributed by atoms with E-state index in [2.05, 4.69) is 12.2 Å². The Kier molecular flexibility index (Phi) is 3.01. The Morgan fingerprint density at radius 1 is 1.27 bits per heavy atom. The van der Waals surface area contributed by atoms with Gasteiger partial charge in [0.15, 0.2) is 0 Å². The lowest BCUT2D eigenvalue weighted by Gasteiger charge is -2.38. The van der Waals surface area contributed by atoms with Crippen molar-refractivity contribution in [2.45, 2.75) is 64.0 Å². The van der Waals surface area contributed by atoms with Crippen LogP contribution in [0, 0.1) is 5.41 Å². The second kappa shape index (κ2) is 4.12. The number of nitrogens with two attached hydrogens (primary N) is 1. The van der Waals surface area contributed by atoms with Crippen molar-refractivity contribution >= 4 is 5.91 Å².